The molecular weight excluding hydrogens is 582 g/mol. The molecule has 200 valence electrons. The van der Waals surface area contributed by atoms with Crippen molar-refractivity contribution in [1.82, 2.24) is 4.90 Å². The lowest BCUT2D eigenvalue weighted by molar-refractivity contribution is -0.121. The average Bonchev–Trinajstić information content (AvgIpc) is 3.21. The lowest BCUT2D eigenvalue weighted by Gasteiger charge is -2.28. The first-order valence-corrected chi connectivity index (χ1v) is 13.9. The molecule has 39 heavy (non-hydrogen) atoms. The number of carbonyl (C=O) groups is 2. The largest absolute Gasteiger partial charge is 0.488 e. The van der Waals surface area contributed by atoms with E-state index in [1.807, 2.05) is 42.5 Å². The van der Waals surface area contributed by atoms with Crippen LogP contribution in [0.2, 0.25) is 0 Å². The second kappa shape index (κ2) is 12.1. The van der Waals surface area contributed by atoms with Crippen LogP contribution in [-0.4, -0.2) is 60.4 Å². The van der Waals surface area contributed by atoms with Gasteiger partial charge < -0.3 is 19.5 Å². The Labute approximate surface area is 239 Å². The molecule has 2 saturated heterocycles. The number of hydrogen-bond acceptors (Lipinski definition) is 7. The SMILES string of the molecule is CN1C(=O)/C(=C/c2cc(Br)ccc2OCc2ccc(C(=O)O)cc2)SC1=Nc1ccc(N2CCOCC2)cc1. The van der Waals surface area contributed by atoms with Crippen LogP contribution in [-0.2, 0) is 16.1 Å². The van der Waals surface area contributed by atoms with Crippen LogP contribution in [0.1, 0.15) is 21.5 Å². The molecule has 0 spiro atoms. The molecule has 3 aromatic carbocycles. The molecule has 0 saturated carbocycles. The van der Waals surface area contributed by atoms with E-state index in [-0.39, 0.29) is 18.1 Å². The number of carbonyl (C=O) groups excluding carboxylic acids is 1. The van der Waals surface area contributed by atoms with Gasteiger partial charge in [-0.2, -0.15) is 0 Å². The third-order valence-electron chi connectivity index (χ3n) is 6.31. The molecule has 2 fully saturated rings. The first-order chi connectivity index (χ1) is 18.9. The number of aromatic carboxylic acids is 1. The van der Waals surface area contributed by atoms with Crippen LogP contribution in [0.25, 0.3) is 6.08 Å². The van der Waals surface area contributed by atoms with Crippen LogP contribution in [0.3, 0.4) is 0 Å². The normalized spacial score (nSPS) is 17.7. The van der Waals surface area contributed by atoms with Crippen molar-refractivity contribution in [3.63, 3.8) is 0 Å². The Morgan fingerprint density at radius 1 is 1.10 bits per heavy atom. The summed E-state index contributed by atoms with van der Waals surface area (Å²) >= 11 is 4.82. The van der Waals surface area contributed by atoms with E-state index in [1.54, 1.807) is 42.3 Å². The maximum Gasteiger partial charge on any atom is 0.335 e. The minimum atomic E-state index is -0.971. The number of anilines is 1. The Morgan fingerprint density at radius 3 is 2.51 bits per heavy atom. The predicted octanol–water partition coefficient (Wildman–Crippen LogP) is 5.80. The Bertz CT molecular complexity index is 1430. The molecule has 2 aliphatic rings. The number of benzene rings is 3. The van der Waals surface area contributed by atoms with E-state index in [9.17, 15) is 9.59 Å². The number of amides is 1. The topological polar surface area (TPSA) is 91.7 Å². The van der Waals surface area contributed by atoms with Crippen molar-refractivity contribution in [2.45, 2.75) is 6.61 Å². The summed E-state index contributed by atoms with van der Waals surface area (Å²) in [4.78, 5) is 33.3. The van der Waals surface area contributed by atoms with Crippen LogP contribution >= 0.6 is 27.7 Å². The second-order valence-electron chi connectivity index (χ2n) is 8.96. The minimum absolute atomic E-state index is 0.140. The number of thioether (sulfide) groups is 1. The molecule has 2 heterocycles. The van der Waals surface area contributed by atoms with Gasteiger partial charge in [0.15, 0.2) is 5.17 Å². The monoisotopic (exact) mass is 607 g/mol. The van der Waals surface area contributed by atoms with Crippen molar-refractivity contribution in [3.05, 3.63) is 92.8 Å². The molecule has 0 bridgehead atoms. The number of aliphatic imine (C=N–C) groups is 1. The van der Waals surface area contributed by atoms with E-state index in [4.69, 9.17) is 19.6 Å². The molecule has 0 unspecified atom stereocenters. The Morgan fingerprint density at radius 2 is 1.82 bits per heavy atom. The summed E-state index contributed by atoms with van der Waals surface area (Å²) in [6.07, 6.45) is 1.81. The zero-order valence-electron chi connectivity index (χ0n) is 21.2. The minimum Gasteiger partial charge on any atom is -0.488 e. The van der Waals surface area contributed by atoms with Crippen LogP contribution in [0, 0.1) is 0 Å². The third-order valence-corrected chi connectivity index (χ3v) is 7.86. The Balaban J connectivity index is 1.32. The van der Waals surface area contributed by atoms with Crippen molar-refractivity contribution in [3.8, 4) is 5.75 Å². The molecule has 0 aliphatic carbocycles. The van der Waals surface area contributed by atoms with Gasteiger partial charge in [-0.3, -0.25) is 9.69 Å². The lowest BCUT2D eigenvalue weighted by Crippen LogP contribution is -2.36. The molecule has 1 N–H and O–H groups in total. The number of morpholine rings is 1. The summed E-state index contributed by atoms with van der Waals surface area (Å²) in [5.74, 6) is -0.507. The predicted molar refractivity (Wildman–Crippen MR) is 157 cm³/mol. The summed E-state index contributed by atoms with van der Waals surface area (Å²) in [5, 5.41) is 9.69. The standard InChI is InChI=1S/C29H26BrN3O5S/c1-32-27(34)26(39-29(32)31-23-7-9-24(10-8-23)33-12-14-37-15-13-33)17-21-16-22(30)6-11-25(21)38-18-19-2-4-20(5-3-19)28(35)36/h2-11,16-17H,12-15,18H2,1H3,(H,35,36)/b26-17-,31-29?. The fourth-order valence-electron chi connectivity index (χ4n) is 4.13. The van der Waals surface area contributed by atoms with Gasteiger partial charge in [0.2, 0.25) is 0 Å². The molecule has 10 heteroatoms. The number of carboxylic acid groups (broad SMARTS) is 1. The highest BCUT2D eigenvalue weighted by molar-refractivity contribution is 9.10. The molecule has 8 nitrogen and oxygen atoms in total. The maximum atomic E-state index is 13.1. The third kappa shape index (κ3) is 6.52. The van der Waals surface area contributed by atoms with Gasteiger partial charge in [0.25, 0.3) is 5.91 Å². The number of amidine groups is 1. The Hall–Kier alpha value is -3.60. The smallest absolute Gasteiger partial charge is 0.335 e. The second-order valence-corrected chi connectivity index (χ2v) is 10.9. The number of hydrogen-bond donors (Lipinski definition) is 1. The Kier molecular flexibility index (Phi) is 8.35. The van der Waals surface area contributed by atoms with Gasteiger partial charge in [0, 0.05) is 35.9 Å². The molecule has 0 aromatic heterocycles. The molecule has 2 aliphatic heterocycles. The molecule has 3 aromatic rings. The van der Waals surface area contributed by atoms with E-state index in [1.165, 1.54) is 11.8 Å². The van der Waals surface area contributed by atoms with Crippen LogP contribution in [0.15, 0.2) is 81.1 Å². The van der Waals surface area contributed by atoms with Crippen LogP contribution < -0.4 is 9.64 Å². The summed E-state index contributed by atoms with van der Waals surface area (Å²) in [5.41, 5.74) is 3.70. The quantitative estimate of drug-likeness (QED) is 0.339. The van der Waals surface area contributed by atoms with Crippen molar-refractivity contribution < 1.29 is 24.2 Å². The number of carboxylic acids is 1. The van der Waals surface area contributed by atoms with Gasteiger partial charge in [-0.05, 0) is 78.0 Å². The van der Waals surface area contributed by atoms with E-state index >= 15 is 0 Å². The number of nitrogens with zero attached hydrogens (tertiary/aromatic N) is 3. The molecule has 5 rings (SSSR count). The maximum absolute atomic E-state index is 13.1. The number of ether oxygens (including phenoxy) is 2. The van der Waals surface area contributed by atoms with Gasteiger partial charge >= 0.3 is 5.97 Å². The highest BCUT2D eigenvalue weighted by Gasteiger charge is 2.30. The van der Waals surface area contributed by atoms with Crippen molar-refractivity contribution in [1.29, 1.82) is 0 Å². The van der Waals surface area contributed by atoms with Gasteiger partial charge in [-0.1, -0.05) is 28.1 Å². The van der Waals surface area contributed by atoms with Crippen molar-refractivity contribution in [2.75, 3.05) is 38.3 Å². The highest BCUT2D eigenvalue weighted by atomic mass is 79.9. The van der Waals surface area contributed by atoms with Gasteiger partial charge in [-0.15, -0.1) is 0 Å². The first kappa shape index (κ1) is 27.0. The zero-order valence-corrected chi connectivity index (χ0v) is 23.6. The lowest BCUT2D eigenvalue weighted by atomic mass is 10.1. The summed E-state index contributed by atoms with van der Waals surface area (Å²) in [6, 6.07) is 20.1. The van der Waals surface area contributed by atoms with Gasteiger partial charge in [0.05, 0.1) is 29.4 Å². The van der Waals surface area contributed by atoms with Crippen LogP contribution in [0.4, 0.5) is 11.4 Å². The van der Waals surface area contributed by atoms with Gasteiger partial charge in [0.1, 0.15) is 12.4 Å². The summed E-state index contributed by atoms with van der Waals surface area (Å²) in [6.45, 7) is 3.45. The summed E-state index contributed by atoms with van der Waals surface area (Å²) in [7, 11) is 1.72. The molecule has 0 atom stereocenters. The van der Waals surface area contributed by atoms with Crippen molar-refractivity contribution >= 4 is 62.2 Å². The highest BCUT2D eigenvalue weighted by Crippen LogP contribution is 2.36. The fraction of sp³-hybridized carbons (Fsp3) is 0.207. The van der Waals surface area contributed by atoms with E-state index in [0.717, 1.165) is 53.3 Å². The average molecular weight is 609 g/mol. The van der Waals surface area contributed by atoms with E-state index in [2.05, 4.69) is 20.8 Å². The van der Waals surface area contributed by atoms with Crippen LogP contribution in [0.5, 0.6) is 5.75 Å². The fourth-order valence-corrected chi connectivity index (χ4v) is 5.49. The summed E-state index contributed by atoms with van der Waals surface area (Å²) < 4.78 is 12.3. The first-order valence-electron chi connectivity index (χ1n) is 12.3. The number of rotatable bonds is 7. The van der Waals surface area contributed by atoms with E-state index < -0.39 is 5.97 Å². The van der Waals surface area contributed by atoms with Gasteiger partial charge in [-0.25, -0.2) is 9.79 Å². The molecule has 0 radical (unpaired) electrons. The molecular formula is C29H26BrN3O5S. The zero-order chi connectivity index (χ0) is 27.4. The number of halogens is 1. The van der Waals surface area contributed by atoms with Crippen molar-refractivity contribution in [2.24, 2.45) is 4.99 Å². The number of likely N-dealkylation sites (N-methyl/N-ethyl adjacent to an activating group) is 1. The molecule has 1 amide bonds. The van der Waals surface area contributed by atoms with E-state index in [0.29, 0.717) is 15.8 Å².